The van der Waals surface area contributed by atoms with E-state index in [0.717, 1.165) is 18.5 Å². The van der Waals surface area contributed by atoms with Crippen LogP contribution >= 0.6 is 0 Å². The van der Waals surface area contributed by atoms with Crippen LogP contribution < -0.4 is 5.32 Å². The number of benzene rings is 1. The third kappa shape index (κ3) is 4.04. The molecule has 0 spiro atoms. The number of rotatable bonds is 5. The highest BCUT2D eigenvalue weighted by atomic mass is 16.6. The molecule has 1 aromatic carbocycles. The second-order valence-corrected chi connectivity index (χ2v) is 5.90. The van der Waals surface area contributed by atoms with Gasteiger partial charge in [-0.3, -0.25) is 10.1 Å². The van der Waals surface area contributed by atoms with Crippen molar-refractivity contribution in [2.24, 2.45) is 5.41 Å². The average Bonchev–Trinajstić information content (AvgIpc) is 2.36. The molecule has 0 saturated carbocycles. The van der Waals surface area contributed by atoms with Gasteiger partial charge in [-0.05, 0) is 30.0 Å². The van der Waals surface area contributed by atoms with E-state index < -0.39 is 4.92 Å². The SMILES string of the molecule is CCNC(Cc1ccc([N+](=O)[O-])c(C#N)c1)C(C)(C)C. The Kier molecular flexibility index (Phi) is 5.23. The molecule has 5 heteroatoms. The van der Waals surface area contributed by atoms with E-state index in [0.29, 0.717) is 0 Å². The number of nitrogens with one attached hydrogen (secondary N) is 1. The van der Waals surface area contributed by atoms with Crippen LogP contribution in [0.5, 0.6) is 0 Å². The van der Waals surface area contributed by atoms with Crippen molar-refractivity contribution in [2.45, 2.75) is 40.2 Å². The number of nitro groups is 1. The van der Waals surface area contributed by atoms with Gasteiger partial charge in [0.25, 0.3) is 5.69 Å². The fraction of sp³-hybridized carbons (Fsp3) is 0.533. The maximum Gasteiger partial charge on any atom is 0.287 e. The molecule has 0 aliphatic rings. The summed E-state index contributed by atoms with van der Waals surface area (Å²) in [6.07, 6.45) is 0.740. The van der Waals surface area contributed by atoms with Gasteiger partial charge in [0.2, 0.25) is 0 Å². The maximum atomic E-state index is 10.8. The fourth-order valence-corrected chi connectivity index (χ4v) is 2.13. The van der Waals surface area contributed by atoms with Crippen LogP contribution in [0.2, 0.25) is 0 Å². The molecule has 5 nitrogen and oxygen atoms in total. The molecule has 1 N–H and O–H groups in total. The molecule has 0 aromatic heterocycles. The molecule has 0 amide bonds. The van der Waals surface area contributed by atoms with Crippen molar-refractivity contribution in [2.75, 3.05) is 6.54 Å². The molecule has 1 unspecified atom stereocenters. The molecular formula is C15H21N3O2. The van der Waals surface area contributed by atoms with Gasteiger partial charge in [-0.15, -0.1) is 0 Å². The van der Waals surface area contributed by atoms with Gasteiger partial charge in [0, 0.05) is 12.1 Å². The van der Waals surface area contributed by atoms with E-state index in [1.54, 1.807) is 12.1 Å². The predicted molar refractivity (Wildman–Crippen MR) is 78.4 cm³/mol. The smallest absolute Gasteiger partial charge is 0.287 e. The highest BCUT2D eigenvalue weighted by Gasteiger charge is 2.24. The van der Waals surface area contributed by atoms with Gasteiger partial charge in [0.05, 0.1) is 4.92 Å². The molecule has 0 radical (unpaired) electrons. The number of nitriles is 1. The Balaban J connectivity index is 3.03. The highest BCUT2D eigenvalue weighted by Crippen LogP contribution is 2.25. The zero-order valence-corrected chi connectivity index (χ0v) is 12.4. The number of hydrogen-bond acceptors (Lipinski definition) is 4. The first-order valence-corrected chi connectivity index (χ1v) is 6.70. The van der Waals surface area contributed by atoms with E-state index in [-0.39, 0.29) is 22.7 Å². The second kappa shape index (κ2) is 6.49. The molecule has 1 rings (SSSR count). The van der Waals surface area contributed by atoms with Gasteiger partial charge in [-0.1, -0.05) is 33.8 Å². The summed E-state index contributed by atoms with van der Waals surface area (Å²) in [7, 11) is 0. The Morgan fingerprint density at radius 1 is 1.45 bits per heavy atom. The Morgan fingerprint density at radius 3 is 2.55 bits per heavy atom. The largest absolute Gasteiger partial charge is 0.313 e. The Bertz CT molecular complexity index is 527. The molecule has 0 fully saturated rings. The first-order valence-electron chi connectivity index (χ1n) is 6.70. The summed E-state index contributed by atoms with van der Waals surface area (Å²) in [6.45, 7) is 9.36. The molecule has 0 aliphatic heterocycles. The molecule has 0 saturated heterocycles. The topological polar surface area (TPSA) is 79.0 Å². The van der Waals surface area contributed by atoms with Crippen LogP contribution in [-0.4, -0.2) is 17.5 Å². The molecule has 108 valence electrons. The monoisotopic (exact) mass is 275 g/mol. The molecule has 0 aliphatic carbocycles. The summed E-state index contributed by atoms with van der Waals surface area (Å²) in [6, 6.07) is 6.92. The predicted octanol–water partition coefficient (Wildman–Crippen LogP) is 3.03. The second-order valence-electron chi connectivity index (χ2n) is 5.90. The minimum absolute atomic E-state index is 0.0740. The van der Waals surface area contributed by atoms with Crippen molar-refractivity contribution in [1.82, 2.24) is 5.32 Å². The standard InChI is InChI=1S/C15H21N3O2/c1-5-17-14(15(2,3)4)9-11-6-7-13(18(19)20)12(8-11)10-16/h6-8,14,17H,5,9H2,1-4H3. The molecule has 20 heavy (non-hydrogen) atoms. The summed E-state index contributed by atoms with van der Waals surface area (Å²) in [5.41, 5.74) is 1.00. The first-order chi connectivity index (χ1) is 9.29. The van der Waals surface area contributed by atoms with Crippen LogP contribution in [0.25, 0.3) is 0 Å². The van der Waals surface area contributed by atoms with Crippen LogP contribution in [0.4, 0.5) is 5.69 Å². The third-order valence-electron chi connectivity index (χ3n) is 3.31. The van der Waals surface area contributed by atoms with Crippen LogP contribution in [0, 0.1) is 26.9 Å². The summed E-state index contributed by atoms with van der Waals surface area (Å²) >= 11 is 0. The summed E-state index contributed by atoms with van der Waals surface area (Å²) < 4.78 is 0. The molecule has 1 atom stereocenters. The van der Waals surface area contributed by atoms with Gasteiger partial charge in [0.15, 0.2) is 0 Å². The minimum Gasteiger partial charge on any atom is -0.313 e. The highest BCUT2D eigenvalue weighted by molar-refractivity contribution is 5.50. The van der Waals surface area contributed by atoms with Gasteiger partial charge < -0.3 is 5.32 Å². The quantitative estimate of drug-likeness (QED) is 0.661. The van der Waals surface area contributed by atoms with E-state index in [1.807, 2.05) is 6.07 Å². The summed E-state index contributed by atoms with van der Waals surface area (Å²) in [4.78, 5) is 10.3. The van der Waals surface area contributed by atoms with E-state index >= 15 is 0 Å². The van der Waals surface area contributed by atoms with Gasteiger partial charge in [-0.25, -0.2) is 0 Å². The number of nitrogens with zero attached hydrogens (tertiary/aromatic N) is 2. The fourth-order valence-electron chi connectivity index (χ4n) is 2.13. The number of hydrogen-bond donors (Lipinski definition) is 1. The lowest BCUT2D eigenvalue weighted by atomic mass is 9.82. The van der Waals surface area contributed by atoms with Gasteiger partial charge in [0.1, 0.15) is 11.6 Å². The normalized spacial score (nSPS) is 12.8. The lowest BCUT2D eigenvalue weighted by Crippen LogP contribution is -2.41. The van der Waals surface area contributed by atoms with Crippen LogP contribution in [0.3, 0.4) is 0 Å². The zero-order chi connectivity index (χ0) is 15.3. The van der Waals surface area contributed by atoms with Crippen molar-refractivity contribution >= 4 is 5.69 Å². The Hall–Kier alpha value is -1.93. The van der Waals surface area contributed by atoms with E-state index in [2.05, 4.69) is 33.0 Å². The van der Waals surface area contributed by atoms with E-state index in [9.17, 15) is 10.1 Å². The van der Waals surface area contributed by atoms with Crippen LogP contribution in [-0.2, 0) is 6.42 Å². The zero-order valence-electron chi connectivity index (χ0n) is 12.4. The first kappa shape index (κ1) is 16.1. The molecule has 1 aromatic rings. The van der Waals surface area contributed by atoms with Gasteiger partial charge in [-0.2, -0.15) is 5.26 Å². The lowest BCUT2D eigenvalue weighted by molar-refractivity contribution is -0.385. The molecular weight excluding hydrogens is 254 g/mol. The van der Waals surface area contributed by atoms with Gasteiger partial charge >= 0.3 is 0 Å². The Labute approximate surface area is 119 Å². The minimum atomic E-state index is -0.520. The van der Waals surface area contributed by atoms with Crippen molar-refractivity contribution < 1.29 is 4.92 Å². The van der Waals surface area contributed by atoms with E-state index in [4.69, 9.17) is 5.26 Å². The lowest BCUT2D eigenvalue weighted by Gasteiger charge is -2.31. The van der Waals surface area contributed by atoms with Crippen molar-refractivity contribution in [3.05, 3.63) is 39.4 Å². The Morgan fingerprint density at radius 2 is 2.10 bits per heavy atom. The van der Waals surface area contributed by atoms with Crippen LogP contribution in [0.15, 0.2) is 18.2 Å². The summed E-state index contributed by atoms with van der Waals surface area (Å²) in [5, 5.41) is 23.3. The van der Waals surface area contributed by atoms with E-state index in [1.165, 1.54) is 6.07 Å². The van der Waals surface area contributed by atoms with Crippen molar-refractivity contribution in [3.63, 3.8) is 0 Å². The van der Waals surface area contributed by atoms with Crippen LogP contribution in [0.1, 0.15) is 38.8 Å². The number of likely N-dealkylation sites (N-methyl/N-ethyl adjacent to an activating group) is 1. The molecule has 0 heterocycles. The average molecular weight is 275 g/mol. The summed E-state index contributed by atoms with van der Waals surface area (Å²) in [5.74, 6) is 0. The third-order valence-corrected chi connectivity index (χ3v) is 3.31. The van der Waals surface area contributed by atoms with Crippen molar-refractivity contribution in [1.29, 1.82) is 5.26 Å². The van der Waals surface area contributed by atoms with Crippen molar-refractivity contribution in [3.8, 4) is 6.07 Å². The molecule has 0 bridgehead atoms. The maximum absolute atomic E-state index is 10.8. The number of nitro benzene ring substituents is 1.